The van der Waals surface area contributed by atoms with Gasteiger partial charge in [0.2, 0.25) is 0 Å². The number of hydrogen-bond donors (Lipinski definition) is 2. The van der Waals surface area contributed by atoms with E-state index in [1.54, 1.807) is 12.3 Å². The molecule has 0 fully saturated rings. The fraction of sp³-hybridized carbons (Fsp3) is 0. The summed E-state index contributed by atoms with van der Waals surface area (Å²) in [6.45, 7) is 0. The third kappa shape index (κ3) is 0.924. The number of fused-ring (bicyclic) bond motifs is 1. The quantitative estimate of drug-likeness (QED) is 0.659. The maximum absolute atomic E-state index is 9.34. The van der Waals surface area contributed by atoms with Gasteiger partial charge in [0, 0.05) is 12.3 Å². The highest BCUT2D eigenvalue weighted by Crippen LogP contribution is 2.31. The van der Waals surface area contributed by atoms with Gasteiger partial charge in [-0.25, -0.2) is 4.98 Å². The summed E-state index contributed by atoms with van der Waals surface area (Å²) in [5.41, 5.74) is 0.618. The van der Waals surface area contributed by atoms with E-state index >= 15 is 0 Å². The molecule has 12 heavy (non-hydrogen) atoms. The number of nitrogens with one attached hydrogen (secondary N) is 1. The zero-order valence-electron chi connectivity index (χ0n) is 6.11. The number of furan rings is 1. The monoisotopic (exact) mass is 182 g/mol. The number of anilines is 1. The van der Waals surface area contributed by atoms with Crippen LogP contribution in [0.5, 0.6) is 5.75 Å². The Balaban J connectivity index is 2.84. The summed E-state index contributed by atoms with van der Waals surface area (Å²) in [5, 5.41) is 12.7. The number of rotatable bonds is 1. The molecule has 62 valence electrons. The minimum atomic E-state index is 0.100. The van der Waals surface area contributed by atoms with Gasteiger partial charge in [-0.3, -0.25) is 0 Å². The molecule has 2 heterocycles. The Kier molecular flexibility index (Phi) is 1.62. The molecular formula is C7H7N2O2P. The molecule has 0 aromatic carbocycles. The summed E-state index contributed by atoms with van der Waals surface area (Å²) in [5.74, 6) is 0.687. The van der Waals surface area contributed by atoms with Crippen LogP contribution in [0.1, 0.15) is 0 Å². The Morgan fingerprint density at radius 1 is 1.58 bits per heavy atom. The van der Waals surface area contributed by atoms with Crippen LogP contribution in [0.3, 0.4) is 0 Å². The third-order valence-electron chi connectivity index (χ3n) is 1.60. The summed E-state index contributed by atoms with van der Waals surface area (Å²) in [7, 11) is 2.32. The van der Waals surface area contributed by atoms with Gasteiger partial charge in [-0.1, -0.05) is 0 Å². The van der Waals surface area contributed by atoms with Crippen LogP contribution in [0.25, 0.3) is 11.0 Å². The van der Waals surface area contributed by atoms with E-state index in [-0.39, 0.29) is 5.75 Å². The standard InChI is InChI=1S/C7H7N2O2P/c10-4-3-11-5-1-2-8-7(9-12)6(4)5/h1-3,10H,12H2,(H,8,9). The van der Waals surface area contributed by atoms with Gasteiger partial charge in [-0.2, -0.15) is 0 Å². The molecule has 0 saturated carbocycles. The average molecular weight is 182 g/mol. The minimum absolute atomic E-state index is 0.100. The fourth-order valence-electron chi connectivity index (χ4n) is 1.08. The number of hydrogen-bond acceptors (Lipinski definition) is 4. The van der Waals surface area contributed by atoms with E-state index < -0.39 is 0 Å². The summed E-state index contributed by atoms with van der Waals surface area (Å²) in [6.07, 6.45) is 2.90. The second-order valence-corrected chi connectivity index (χ2v) is 2.59. The lowest BCUT2D eigenvalue weighted by atomic mass is 10.3. The topological polar surface area (TPSA) is 58.3 Å². The maximum Gasteiger partial charge on any atom is 0.165 e. The van der Waals surface area contributed by atoms with E-state index in [2.05, 4.69) is 19.5 Å². The van der Waals surface area contributed by atoms with E-state index in [0.717, 1.165) is 0 Å². The summed E-state index contributed by atoms with van der Waals surface area (Å²) in [4.78, 5) is 4.01. The van der Waals surface area contributed by atoms with E-state index in [1.165, 1.54) is 6.26 Å². The predicted molar refractivity (Wildman–Crippen MR) is 49.0 cm³/mol. The van der Waals surface area contributed by atoms with Crippen LogP contribution in [-0.4, -0.2) is 10.1 Å². The van der Waals surface area contributed by atoms with Crippen molar-refractivity contribution in [2.45, 2.75) is 0 Å². The first kappa shape index (κ1) is 7.37. The molecule has 0 aliphatic heterocycles. The van der Waals surface area contributed by atoms with Crippen LogP contribution < -0.4 is 5.09 Å². The molecule has 2 N–H and O–H groups in total. The minimum Gasteiger partial charge on any atom is -0.504 e. The van der Waals surface area contributed by atoms with Crippen molar-refractivity contribution in [3.05, 3.63) is 18.5 Å². The van der Waals surface area contributed by atoms with Gasteiger partial charge in [0.15, 0.2) is 5.75 Å². The smallest absolute Gasteiger partial charge is 0.165 e. The van der Waals surface area contributed by atoms with Crippen molar-refractivity contribution < 1.29 is 9.52 Å². The SMILES string of the molecule is Oc1coc2ccnc(NP)c12. The van der Waals surface area contributed by atoms with Gasteiger partial charge in [0.25, 0.3) is 0 Å². The molecule has 0 bridgehead atoms. The van der Waals surface area contributed by atoms with Crippen molar-refractivity contribution in [2.24, 2.45) is 0 Å². The fourth-order valence-corrected chi connectivity index (χ4v) is 1.30. The molecule has 2 aromatic rings. The van der Waals surface area contributed by atoms with Crippen LogP contribution in [0.2, 0.25) is 0 Å². The first-order valence-electron chi connectivity index (χ1n) is 3.34. The largest absolute Gasteiger partial charge is 0.504 e. The number of pyridine rings is 1. The van der Waals surface area contributed by atoms with Crippen LogP contribution >= 0.6 is 9.39 Å². The van der Waals surface area contributed by atoms with Gasteiger partial charge in [-0.05, 0) is 9.39 Å². The third-order valence-corrected chi connectivity index (χ3v) is 1.88. The normalized spacial score (nSPS) is 10.4. The van der Waals surface area contributed by atoms with Gasteiger partial charge in [0.05, 0.1) is 0 Å². The molecule has 0 saturated heterocycles. The molecule has 1 unspecified atom stereocenters. The van der Waals surface area contributed by atoms with Crippen LogP contribution in [-0.2, 0) is 0 Å². The molecule has 1 atom stereocenters. The zero-order valence-corrected chi connectivity index (χ0v) is 7.27. The lowest BCUT2D eigenvalue weighted by Gasteiger charge is -1.98. The van der Waals surface area contributed by atoms with E-state index in [9.17, 15) is 5.11 Å². The predicted octanol–water partition coefficient (Wildman–Crippen LogP) is 1.74. The summed E-state index contributed by atoms with van der Waals surface area (Å²) < 4.78 is 5.05. The molecule has 0 aliphatic carbocycles. The van der Waals surface area contributed by atoms with Crippen LogP contribution in [0, 0.1) is 0 Å². The van der Waals surface area contributed by atoms with Gasteiger partial charge in [0.1, 0.15) is 23.1 Å². The Bertz CT molecular complexity index is 413. The molecule has 0 radical (unpaired) electrons. The first-order chi connectivity index (χ1) is 5.83. The van der Waals surface area contributed by atoms with Gasteiger partial charge < -0.3 is 14.6 Å². The van der Waals surface area contributed by atoms with Crippen molar-refractivity contribution in [2.75, 3.05) is 5.09 Å². The molecule has 0 amide bonds. The van der Waals surface area contributed by atoms with E-state index in [0.29, 0.717) is 16.8 Å². The van der Waals surface area contributed by atoms with Crippen LogP contribution in [0.15, 0.2) is 22.9 Å². The Morgan fingerprint density at radius 3 is 3.17 bits per heavy atom. The van der Waals surface area contributed by atoms with Crippen molar-refractivity contribution in [3.8, 4) is 5.75 Å². The van der Waals surface area contributed by atoms with Gasteiger partial charge in [-0.15, -0.1) is 0 Å². The van der Waals surface area contributed by atoms with Gasteiger partial charge >= 0.3 is 0 Å². The van der Waals surface area contributed by atoms with Crippen molar-refractivity contribution >= 4 is 26.2 Å². The maximum atomic E-state index is 9.34. The summed E-state index contributed by atoms with van der Waals surface area (Å²) >= 11 is 0. The second-order valence-electron chi connectivity index (χ2n) is 2.30. The van der Waals surface area contributed by atoms with Crippen molar-refractivity contribution in [3.63, 3.8) is 0 Å². The lowest BCUT2D eigenvalue weighted by Crippen LogP contribution is -1.84. The average Bonchev–Trinajstić information content (AvgIpc) is 2.48. The van der Waals surface area contributed by atoms with E-state index in [4.69, 9.17) is 4.42 Å². The Hall–Kier alpha value is -1.28. The highest BCUT2D eigenvalue weighted by Gasteiger charge is 2.08. The highest BCUT2D eigenvalue weighted by molar-refractivity contribution is 7.18. The molecule has 2 rings (SSSR count). The Morgan fingerprint density at radius 2 is 2.42 bits per heavy atom. The van der Waals surface area contributed by atoms with E-state index in [1.807, 2.05) is 0 Å². The number of nitrogens with zero attached hydrogens (tertiary/aromatic N) is 1. The highest BCUT2D eigenvalue weighted by atomic mass is 31.0. The Labute approximate surface area is 70.9 Å². The van der Waals surface area contributed by atoms with Crippen molar-refractivity contribution in [1.82, 2.24) is 4.98 Å². The number of aromatic hydroxyl groups is 1. The number of aromatic nitrogens is 1. The second kappa shape index (κ2) is 2.64. The summed E-state index contributed by atoms with van der Waals surface area (Å²) in [6, 6.07) is 1.70. The first-order valence-corrected chi connectivity index (χ1v) is 3.92. The lowest BCUT2D eigenvalue weighted by molar-refractivity contribution is 0.464. The molecular weight excluding hydrogens is 175 g/mol. The zero-order chi connectivity index (χ0) is 8.55. The van der Waals surface area contributed by atoms with Crippen molar-refractivity contribution in [1.29, 1.82) is 0 Å². The van der Waals surface area contributed by atoms with Crippen LogP contribution in [0.4, 0.5) is 5.82 Å². The molecule has 5 heteroatoms. The molecule has 4 nitrogen and oxygen atoms in total. The molecule has 0 spiro atoms. The molecule has 0 aliphatic rings. The molecule has 2 aromatic heterocycles.